The van der Waals surface area contributed by atoms with Crippen molar-refractivity contribution < 1.29 is 14.3 Å². The predicted molar refractivity (Wildman–Crippen MR) is 125 cm³/mol. The van der Waals surface area contributed by atoms with Gasteiger partial charge in [0.15, 0.2) is 0 Å². The Balaban J connectivity index is 2.21. The van der Waals surface area contributed by atoms with Gasteiger partial charge < -0.3 is 19.8 Å². The molecule has 7 heteroatoms. The minimum absolute atomic E-state index is 0.228. The number of rotatable bonds is 11. The number of nitrogens with zero attached hydrogens (tertiary/aromatic N) is 2. The minimum atomic E-state index is -0.306. The average Bonchev–Trinajstić information content (AvgIpc) is 2.77. The summed E-state index contributed by atoms with van der Waals surface area (Å²) in [6.45, 7) is 7.04. The average molecular weight is 433 g/mol. The second kappa shape index (κ2) is 13.2. The Kier molecular flexibility index (Phi) is 10.6. The zero-order valence-electron chi connectivity index (χ0n) is 19.9. The molecule has 0 aliphatic heterocycles. The molecule has 1 fully saturated rings. The van der Waals surface area contributed by atoms with Gasteiger partial charge in [0, 0.05) is 20.6 Å². The summed E-state index contributed by atoms with van der Waals surface area (Å²) in [6.07, 6.45) is 8.64. The summed E-state index contributed by atoms with van der Waals surface area (Å²) in [4.78, 5) is 18.7. The molecule has 1 aromatic rings. The van der Waals surface area contributed by atoms with Gasteiger partial charge in [-0.2, -0.15) is 0 Å². The quantitative estimate of drug-likeness (QED) is 0.489. The normalized spacial score (nSPS) is 15.3. The number of carbonyl (C=O) groups excluding carboxylic acids is 1. The lowest BCUT2D eigenvalue weighted by atomic mass is 9.98. The van der Waals surface area contributed by atoms with Gasteiger partial charge >= 0.3 is 6.09 Å². The zero-order valence-corrected chi connectivity index (χ0v) is 19.9. The van der Waals surface area contributed by atoms with E-state index in [1.807, 2.05) is 33.0 Å². The maximum absolute atomic E-state index is 12.3. The maximum Gasteiger partial charge on any atom is 0.409 e. The third-order valence-corrected chi connectivity index (χ3v) is 5.54. The van der Waals surface area contributed by atoms with E-state index < -0.39 is 0 Å². The molecule has 0 bridgehead atoms. The van der Waals surface area contributed by atoms with Crippen LogP contribution in [-0.4, -0.2) is 49.3 Å². The van der Waals surface area contributed by atoms with Crippen molar-refractivity contribution in [2.24, 2.45) is 0 Å². The van der Waals surface area contributed by atoms with E-state index in [0.29, 0.717) is 12.6 Å². The van der Waals surface area contributed by atoms with Crippen LogP contribution in [0.1, 0.15) is 76.6 Å². The van der Waals surface area contributed by atoms with E-state index in [2.05, 4.69) is 17.8 Å². The first-order valence-corrected chi connectivity index (χ1v) is 11.7. The van der Waals surface area contributed by atoms with Crippen LogP contribution in [0.2, 0.25) is 0 Å². The highest BCUT2D eigenvalue weighted by Crippen LogP contribution is 2.27. The number of pyridine rings is 1. The highest BCUT2D eigenvalue weighted by molar-refractivity contribution is 5.69. The van der Waals surface area contributed by atoms with Gasteiger partial charge in [0.2, 0.25) is 0 Å². The molecule has 1 aliphatic carbocycles. The molecule has 1 aromatic heterocycles. The first-order valence-electron chi connectivity index (χ1n) is 11.7. The molecule has 1 heterocycles. The van der Waals surface area contributed by atoms with Crippen molar-refractivity contribution in [1.82, 2.24) is 20.7 Å². The van der Waals surface area contributed by atoms with E-state index >= 15 is 0 Å². The number of ether oxygens (including phenoxy) is 2. The van der Waals surface area contributed by atoms with Crippen LogP contribution in [0.3, 0.4) is 0 Å². The molecule has 2 N–H and O–H groups in total. The molecule has 1 aliphatic rings. The Labute approximate surface area is 187 Å². The van der Waals surface area contributed by atoms with Gasteiger partial charge in [-0.25, -0.2) is 15.2 Å². The standard InChI is InChI=1S/C24H40N4O3/c1-6-11-19(17-30-24(29)28(5)16-7-2)23(27-25-4)21-14-15-22(18(3)26-21)31-20-12-9-8-10-13-20/h14-15,20,25,27H,6-13,16-17H2,1-5H3/b23-19+. The molecule has 7 nitrogen and oxygen atoms in total. The predicted octanol–water partition coefficient (Wildman–Crippen LogP) is 4.82. The van der Waals surface area contributed by atoms with Crippen molar-refractivity contribution in [3.05, 3.63) is 29.1 Å². The van der Waals surface area contributed by atoms with Gasteiger partial charge in [0.1, 0.15) is 12.4 Å². The van der Waals surface area contributed by atoms with Crippen LogP contribution >= 0.6 is 0 Å². The van der Waals surface area contributed by atoms with Crippen molar-refractivity contribution in [2.75, 3.05) is 27.2 Å². The smallest absolute Gasteiger partial charge is 0.409 e. The number of amides is 1. The first kappa shape index (κ1) is 25.0. The van der Waals surface area contributed by atoms with Gasteiger partial charge in [-0.1, -0.05) is 26.7 Å². The van der Waals surface area contributed by atoms with E-state index in [1.165, 1.54) is 19.3 Å². The van der Waals surface area contributed by atoms with Crippen molar-refractivity contribution in [1.29, 1.82) is 0 Å². The Bertz CT molecular complexity index is 730. The number of aromatic nitrogens is 1. The summed E-state index contributed by atoms with van der Waals surface area (Å²) in [5, 5.41) is 0. The van der Waals surface area contributed by atoms with E-state index in [0.717, 1.165) is 60.5 Å². The summed E-state index contributed by atoms with van der Waals surface area (Å²) >= 11 is 0. The zero-order chi connectivity index (χ0) is 22.6. The number of aryl methyl sites for hydroxylation is 1. The van der Waals surface area contributed by atoms with Crippen LogP contribution in [0.4, 0.5) is 4.79 Å². The summed E-state index contributed by atoms with van der Waals surface area (Å²) in [7, 11) is 3.58. The molecule has 1 saturated carbocycles. The highest BCUT2D eigenvalue weighted by atomic mass is 16.6. The van der Waals surface area contributed by atoms with E-state index in [-0.39, 0.29) is 12.7 Å². The van der Waals surface area contributed by atoms with Crippen LogP contribution in [0, 0.1) is 6.92 Å². The molecular weight excluding hydrogens is 392 g/mol. The fraction of sp³-hybridized carbons (Fsp3) is 0.667. The number of nitrogens with one attached hydrogen (secondary N) is 2. The monoisotopic (exact) mass is 432 g/mol. The van der Waals surface area contributed by atoms with Crippen LogP contribution in [-0.2, 0) is 4.74 Å². The first-order chi connectivity index (χ1) is 15.0. The van der Waals surface area contributed by atoms with Gasteiger partial charge in [-0.05, 0) is 63.2 Å². The topological polar surface area (TPSA) is 75.7 Å². The summed E-state index contributed by atoms with van der Waals surface area (Å²) in [6, 6.07) is 3.99. The SMILES string of the molecule is CCC/C(COC(=O)N(C)CCC)=C(\NNC)c1ccc(OC2CCCCC2)c(C)n1. The van der Waals surface area contributed by atoms with Gasteiger partial charge in [0.25, 0.3) is 0 Å². The third-order valence-electron chi connectivity index (χ3n) is 5.54. The lowest BCUT2D eigenvalue weighted by Crippen LogP contribution is -2.31. The van der Waals surface area contributed by atoms with Crippen molar-refractivity contribution >= 4 is 11.8 Å². The molecule has 174 valence electrons. The fourth-order valence-corrected chi connectivity index (χ4v) is 3.89. The maximum atomic E-state index is 12.3. The molecule has 1 amide bonds. The Morgan fingerprint density at radius 1 is 1.19 bits per heavy atom. The molecule has 0 spiro atoms. The number of hydrogen-bond donors (Lipinski definition) is 2. The molecule has 31 heavy (non-hydrogen) atoms. The van der Waals surface area contributed by atoms with Crippen molar-refractivity contribution in [3.8, 4) is 5.75 Å². The number of carbonyl (C=O) groups is 1. The Morgan fingerprint density at radius 2 is 1.94 bits per heavy atom. The molecule has 0 aromatic carbocycles. The Hall–Kier alpha value is -2.28. The summed E-state index contributed by atoms with van der Waals surface area (Å²) < 4.78 is 11.8. The van der Waals surface area contributed by atoms with Gasteiger partial charge in [-0.3, -0.25) is 0 Å². The van der Waals surface area contributed by atoms with Crippen LogP contribution in [0.15, 0.2) is 17.7 Å². The highest BCUT2D eigenvalue weighted by Gasteiger charge is 2.18. The van der Waals surface area contributed by atoms with Crippen molar-refractivity contribution in [3.63, 3.8) is 0 Å². The fourth-order valence-electron chi connectivity index (χ4n) is 3.89. The second-order valence-electron chi connectivity index (χ2n) is 8.24. The van der Waals surface area contributed by atoms with Gasteiger partial charge in [-0.15, -0.1) is 0 Å². The molecule has 2 rings (SSSR count). The van der Waals surface area contributed by atoms with Crippen LogP contribution in [0.25, 0.3) is 5.70 Å². The number of hydrogen-bond acceptors (Lipinski definition) is 6. The summed E-state index contributed by atoms with van der Waals surface area (Å²) in [5.74, 6) is 0.851. The molecule has 0 unspecified atom stereocenters. The van der Waals surface area contributed by atoms with E-state index in [1.54, 1.807) is 11.9 Å². The molecular formula is C24H40N4O3. The van der Waals surface area contributed by atoms with E-state index in [4.69, 9.17) is 14.5 Å². The largest absolute Gasteiger partial charge is 0.489 e. The minimum Gasteiger partial charge on any atom is -0.489 e. The molecule has 0 saturated heterocycles. The van der Waals surface area contributed by atoms with Crippen LogP contribution < -0.4 is 15.6 Å². The summed E-state index contributed by atoms with van der Waals surface area (Å²) in [5.41, 5.74) is 9.75. The lowest BCUT2D eigenvalue weighted by molar-refractivity contribution is 0.118. The van der Waals surface area contributed by atoms with E-state index in [9.17, 15) is 4.79 Å². The Morgan fingerprint density at radius 3 is 2.55 bits per heavy atom. The molecule has 0 radical (unpaired) electrons. The third kappa shape index (κ3) is 7.73. The van der Waals surface area contributed by atoms with Gasteiger partial charge in [0.05, 0.1) is 23.2 Å². The van der Waals surface area contributed by atoms with Crippen LogP contribution in [0.5, 0.6) is 5.75 Å². The number of hydrazine groups is 1. The molecule has 0 atom stereocenters. The van der Waals surface area contributed by atoms with Crippen molar-refractivity contribution in [2.45, 2.75) is 78.2 Å². The second-order valence-corrected chi connectivity index (χ2v) is 8.24. The lowest BCUT2D eigenvalue weighted by Gasteiger charge is -2.24.